The molecule has 0 radical (unpaired) electrons. The first-order valence-corrected chi connectivity index (χ1v) is 12.7. The van der Waals surface area contributed by atoms with E-state index < -0.39 is 17.2 Å². The first kappa shape index (κ1) is 26.0. The van der Waals surface area contributed by atoms with Crippen molar-refractivity contribution in [1.82, 2.24) is 20.1 Å². The second-order valence-electron chi connectivity index (χ2n) is 11.5. The van der Waals surface area contributed by atoms with Gasteiger partial charge in [-0.1, -0.05) is 20.8 Å². The zero-order chi connectivity index (χ0) is 25.5. The first-order chi connectivity index (χ1) is 16.4. The fourth-order valence-electron chi connectivity index (χ4n) is 5.91. The molecule has 8 heteroatoms. The number of hydrogen-bond acceptors (Lipinski definition) is 3. The third-order valence-electron chi connectivity index (χ3n) is 8.21. The Hall–Kier alpha value is -2.06. The maximum atomic E-state index is 13.4. The summed E-state index contributed by atoms with van der Waals surface area (Å²) in [6, 6.07) is 4.06. The smallest absolute Gasteiger partial charge is 0.358 e. The number of nitrogens with zero attached hydrogens (tertiary/aromatic N) is 2. The molecule has 0 saturated carbocycles. The molecule has 4 rings (SSSR count). The minimum Gasteiger partial charge on any atom is -0.358 e. The number of likely N-dealkylation sites (N-methyl/N-ethyl adjacent to an activating group) is 1. The third kappa shape index (κ3) is 5.53. The van der Waals surface area contributed by atoms with E-state index in [2.05, 4.69) is 22.1 Å². The molecule has 0 spiro atoms. The molecule has 2 aromatic rings. The summed E-state index contributed by atoms with van der Waals surface area (Å²) in [4.78, 5) is 20.6. The van der Waals surface area contributed by atoms with Gasteiger partial charge < -0.3 is 20.1 Å². The van der Waals surface area contributed by atoms with Gasteiger partial charge in [0.05, 0.1) is 5.56 Å². The molecule has 3 atom stereocenters. The number of hydrogen-bond donors (Lipinski definition) is 2. The molecule has 1 aromatic carbocycles. The van der Waals surface area contributed by atoms with Crippen LogP contribution in [0.15, 0.2) is 18.2 Å². The molecule has 1 aromatic heterocycles. The van der Waals surface area contributed by atoms with Crippen LogP contribution >= 0.6 is 0 Å². The summed E-state index contributed by atoms with van der Waals surface area (Å²) in [7, 11) is 3.98. The third-order valence-corrected chi connectivity index (χ3v) is 8.21. The Kier molecular flexibility index (Phi) is 7.26. The highest BCUT2D eigenvalue weighted by atomic mass is 19.4. The number of amides is 1. The number of aromatic amines is 1. The number of aromatic nitrogens is 1. The number of piperidine rings is 1. The number of halogens is 3. The highest BCUT2D eigenvalue weighted by Gasteiger charge is 2.41. The van der Waals surface area contributed by atoms with E-state index in [0.29, 0.717) is 23.8 Å². The van der Waals surface area contributed by atoms with Crippen LogP contribution in [0.2, 0.25) is 0 Å². The van der Waals surface area contributed by atoms with Crippen LogP contribution in [0.5, 0.6) is 0 Å². The van der Waals surface area contributed by atoms with Crippen molar-refractivity contribution in [3.63, 3.8) is 0 Å². The van der Waals surface area contributed by atoms with Gasteiger partial charge in [-0.05, 0) is 88.0 Å². The number of rotatable bonds is 7. The number of benzene rings is 1. The van der Waals surface area contributed by atoms with Crippen LogP contribution in [0.4, 0.5) is 13.2 Å². The second kappa shape index (κ2) is 9.77. The van der Waals surface area contributed by atoms with Crippen molar-refractivity contribution in [3.8, 4) is 0 Å². The molecule has 194 valence electrons. The van der Waals surface area contributed by atoms with E-state index in [1.807, 2.05) is 32.8 Å². The van der Waals surface area contributed by atoms with E-state index in [4.69, 9.17) is 0 Å². The number of carbonyl (C=O) groups excluding carboxylic acids is 1. The van der Waals surface area contributed by atoms with Gasteiger partial charge in [0.15, 0.2) is 0 Å². The van der Waals surface area contributed by atoms with Crippen molar-refractivity contribution in [1.29, 1.82) is 0 Å². The zero-order valence-electron chi connectivity index (χ0n) is 21.6. The molecule has 1 amide bonds. The standard InChI is InChI=1S/C27H39F3N4O/c1-17-21-16-34(12-9-26(2,3)25(35)31-10-13-33(4)5)11-8-18(21)14-23-24(17)20-15-19(27(28,29)30)6-7-22(20)32-23/h6-7,15,17-18,21,32H,8-14,16H2,1-5H3,(H,31,35)/t17-,18-,21-/m1/s1. The topological polar surface area (TPSA) is 51.4 Å². The molecule has 1 saturated heterocycles. The van der Waals surface area contributed by atoms with Crippen LogP contribution in [0.25, 0.3) is 10.9 Å². The zero-order valence-corrected chi connectivity index (χ0v) is 21.6. The Morgan fingerprint density at radius 3 is 2.69 bits per heavy atom. The summed E-state index contributed by atoms with van der Waals surface area (Å²) in [5, 5.41) is 3.77. The van der Waals surface area contributed by atoms with Crippen molar-refractivity contribution >= 4 is 16.8 Å². The molecule has 2 heterocycles. The Morgan fingerprint density at radius 1 is 1.26 bits per heavy atom. The normalized spacial score (nSPS) is 23.4. The van der Waals surface area contributed by atoms with E-state index in [1.165, 1.54) is 12.1 Å². The minimum atomic E-state index is -4.34. The van der Waals surface area contributed by atoms with Crippen LogP contribution in [-0.4, -0.2) is 67.5 Å². The Morgan fingerprint density at radius 2 is 2.00 bits per heavy atom. The molecular formula is C27H39F3N4O. The largest absolute Gasteiger partial charge is 0.416 e. The van der Waals surface area contributed by atoms with Crippen LogP contribution < -0.4 is 5.32 Å². The van der Waals surface area contributed by atoms with Gasteiger partial charge in [0, 0.05) is 41.6 Å². The summed E-state index contributed by atoms with van der Waals surface area (Å²) in [5.41, 5.74) is 1.94. The van der Waals surface area contributed by atoms with Crippen LogP contribution in [0.3, 0.4) is 0 Å². The Balaban J connectivity index is 1.43. The van der Waals surface area contributed by atoms with Gasteiger partial charge in [0.2, 0.25) is 5.91 Å². The van der Waals surface area contributed by atoms with Crippen molar-refractivity contribution in [2.45, 2.75) is 52.1 Å². The highest BCUT2D eigenvalue weighted by molar-refractivity contribution is 5.86. The highest BCUT2D eigenvalue weighted by Crippen LogP contribution is 2.47. The van der Waals surface area contributed by atoms with Crippen LogP contribution in [0, 0.1) is 17.3 Å². The van der Waals surface area contributed by atoms with Gasteiger partial charge in [-0.15, -0.1) is 0 Å². The van der Waals surface area contributed by atoms with E-state index in [0.717, 1.165) is 62.2 Å². The number of carbonyl (C=O) groups is 1. The van der Waals surface area contributed by atoms with E-state index >= 15 is 0 Å². The van der Waals surface area contributed by atoms with Gasteiger partial charge in [-0.25, -0.2) is 0 Å². The van der Waals surface area contributed by atoms with Crippen molar-refractivity contribution < 1.29 is 18.0 Å². The number of alkyl halides is 3. The minimum absolute atomic E-state index is 0.0872. The molecule has 2 aliphatic rings. The lowest BCUT2D eigenvalue weighted by molar-refractivity contribution is -0.137. The van der Waals surface area contributed by atoms with Crippen molar-refractivity contribution in [2.75, 3.05) is 46.8 Å². The van der Waals surface area contributed by atoms with Gasteiger partial charge in [-0.2, -0.15) is 13.2 Å². The lowest BCUT2D eigenvalue weighted by atomic mass is 9.68. The summed E-state index contributed by atoms with van der Waals surface area (Å²) in [5.74, 6) is 1.21. The summed E-state index contributed by atoms with van der Waals surface area (Å²) >= 11 is 0. The summed E-state index contributed by atoms with van der Waals surface area (Å²) in [6.07, 6.45) is -1.59. The van der Waals surface area contributed by atoms with Gasteiger partial charge in [0.25, 0.3) is 0 Å². The predicted molar refractivity (Wildman–Crippen MR) is 133 cm³/mol. The average Bonchev–Trinajstić information content (AvgIpc) is 3.15. The van der Waals surface area contributed by atoms with Crippen molar-refractivity contribution in [2.24, 2.45) is 17.3 Å². The Bertz CT molecular complexity index is 1060. The number of H-pyrrole nitrogens is 1. The molecule has 0 bridgehead atoms. The molecule has 1 aliphatic carbocycles. The van der Waals surface area contributed by atoms with Gasteiger partial charge in [0.1, 0.15) is 0 Å². The molecule has 1 aliphatic heterocycles. The van der Waals surface area contributed by atoms with E-state index in [1.54, 1.807) is 6.07 Å². The molecule has 35 heavy (non-hydrogen) atoms. The van der Waals surface area contributed by atoms with Crippen LogP contribution in [-0.2, 0) is 17.4 Å². The van der Waals surface area contributed by atoms with E-state index in [9.17, 15) is 18.0 Å². The summed E-state index contributed by atoms with van der Waals surface area (Å²) in [6.45, 7) is 10.4. The monoisotopic (exact) mass is 492 g/mol. The molecule has 1 fully saturated rings. The van der Waals surface area contributed by atoms with Gasteiger partial charge >= 0.3 is 6.18 Å². The number of likely N-dealkylation sites (tertiary alicyclic amines) is 1. The van der Waals surface area contributed by atoms with Crippen LogP contribution in [0.1, 0.15) is 56.4 Å². The molecule has 2 N–H and O–H groups in total. The lowest BCUT2D eigenvalue weighted by Gasteiger charge is -2.45. The lowest BCUT2D eigenvalue weighted by Crippen LogP contribution is -2.47. The number of nitrogens with one attached hydrogen (secondary N) is 2. The van der Waals surface area contributed by atoms with Gasteiger partial charge in [-0.3, -0.25) is 4.79 Å². The maximum absolute atomic E-state index is 13.4. The molecule has 0 unspecified atom stereocenters. The fraction of sp³-hybridized carbons (Fsp3) is 0.667. The predicted octanol–water partition coefficient (Wildman–Crippen LogP) is 4.88. The number of fused-ring (bicyclic) bond motifs is 4. The average molecular weight is 493 g/mol. The maximum Gasteiger partial charge on any atom is 0.416 e. The van der Waals surface area contributed by atoms with Crippen molar-refractivity contribution in [3.05, 3.63) is 35.0 Å². The quantitative estimate of drug-likeness (QED) is 0.579. The fourth-order valence-corrected chi connectivity index (χ4v) is 5.91. The SMILES string of the molecule is C[C@H]1c2c([nH]c3ccc(C(F)(F)F)cc23)C[C@H]2CCN(CCC(C)(C)C(=O)NCCN(C)C)C[C@@H]21. The second-order valence-corrected chi connectivity index (χ2v) is 11.5. The molecule has 5 nitrogen and oxygen atoms in total. The first-order valence-electron chi connectivity index (χ1n) is 12.7. The molecular weight excluding hydrogens is 453 g/mol. The summed E-state index contributed by atoms with van der Waals surface area (Å²) < 4.78 is 40.1. The Labute approximate surface area is 206 Å². The van der Waals surface area contributed by atoms with E-state index in [-0.39, 0.29) is 11.8 Å².